The third-order valence-corrected chi connectivity index (χ3v) is 4.47. The van der Waals surface area contributed by atoms with Crippen LogP contribution in [0.5, 0.6) is 0 Å². The quantitative estimate of drug-likeness (QED) is 0.844. The van der Waals surface area contributed by atoms with Crippen molar-refractivity contribution < 1.29 is 4.79 Å². The lowest BCUT2D eigenvalue weighted by Crippen LogP contribution is -2.41. The minimum absolute atomic E-state index is 0.331. The summed E-state index contributed by atoms with van der Waals surface area (Å²) in [6, 6.07) is 6.06. The summed E-state index contributed by atoms with van der Waals surface area (Å²) in [5, 5.41) is 0. The number of carbonyl (C=O) groups is 1. The Morgan fingerprint density at radius 1 is 1.15 bits per heavy atom. The molecule has 1 aromatic heterocycles. The maximum absolute atomic E-state index is 12.3. The molecule has 2 fully saturated rings. The van der Waals surface area contributed by atoms with E-state index in [1.54, 1.807) is 0 Å². The zero-order chi connectivity index (χ0) is 13.8. The van der Waals surface area contributed by atoms with Crippen molar-refractivity contribution in [3.8, 4) is 0 Å². The Labute approximate surface area is 120 Å². The van der Waals surface area contributed by atoms with Crippen LogP contribution < -0.4 is 0 Å². The van der Waals surface area contributed by atoms with Gasteiger partial charge in [-0.05, 0) is 31.4 Å². The minimum atomic E-state index is 0.331. The van der Waals surface area contributed by atoms with E-state index in [4.69, 9.17) is 0 Å². The second-order valence-corrected chi connectivity index (χ2v) is 5.90. The van der Waals surface area contributed by atoms with Crippen LogP contribution >= 0.6 is 0 Å². The third-order valence-electron chi connectivity index (χ3n) is 4.47. The van der Waals surface area contributed by atoms with Gasteiger partial charge in [0, 0.05) is 44.8 Å². The van der Waals surface area contributed by atoms with Crippen molar-refractivity contribution in [3.63, 3.8) is 0 Å². The predicted molar refractivity (Wildman–Crippen MR) is 78.1 cm³/mol. The number of hydrogen-bond donors (Lipinski definition) is 0. The highest BCUT2D eigenvalue weighted by Gasteiger charge is 2.30. The molecular weight excluding hydrogens is 250 g/mol. The first-order chi connectivity index (χ1) is 9.83. The maximum Gasteiger partial charge on any atom is 0.225 e. The highest BCUT2D eigenvalue weighted by molar-refractivity contribution is 5.79. The molecule has 1 aromatic rings. The number of amides is 1. The van der Waals surface area contributed by atoms with Crippen molar-refractivity contribution in [1.82, 2.24) is 14.8 Å². The summed E-state index contributed by atoms with van der Waals surface area (Å²) in [7, 11) is 0. The summed E-state index contributed by atoms with van der Waals surface area (Å²) >= 11 is 0. The second kappa shape index (κ2) is 6.35. The molecule has 4 heteroatoms. The van der Waals surface area contributed by atoms with Crippen LogP contribution in [-0.4, -0.2) is 46.9 Å². The van der Waals surface area contributed by atoms with Gasteiger partial charge in [-0.2, -0.15) is 0 Å². The molecule has 0 atom stereocenters. The number of carbonyl (C=O) groups excluding carboxylic acids is 1. The highest BCUT2D eigenvalue weighted by Crippen LogP contribution is 2.28. The summed E-state index contributed by atoms with van der Waals surface area (Å²) in [4.78, 5) is 21.2. The van der Waals surface area contributed by atoms with Gasteiger partial charge >= 0.3 is 0 Å². The van der Waals surface area contributed by atoms with E-state index in [9.17, 15) is 4.79 Å². The van der Waals surface area contributed by atoms with Crippen molar-refractivity contribution in [3.05, 3.63) is 30.1 Å². The smallest absolute Gasteiger partial charge is 0.225 e. The van der Waals surface area contributed by atoms with Crippen LogP contribution in [0.3, 0.4) is 0 Å². The molecule has 1 aliphatic carbocycles. The second-order valence-electron chi connectivity index (χ2n) is 5.90. The topological polar surface area (TPSA) is 36.4 Å². The molecule has 1 aliphatic heterocycles. The van der Waals surface area contributed by atoms with Gasteiger partial charge in [-0.25, -0.2) is 0 Å². The lowest BCUT2D eigenvalue weighted by molar-refractivity contribution is -0.138. The van der Waals surface area contributed by atoms with Crippen LogP contribution in [-0.2, 0) is 11.3 Å². The number of hydrogen-bond acceptors (Lipinski definition) is 3. The molecule has 1 saturated heterocycles. The van der Waals surface area contributed by atoms with E-state index < -0.39 is 0 Å². The van der Waals surface area contributed by atoms with E-state index in [0.717, 1.165) is 57.7 Å². The molecule has 0 radical (unpaired) electrons. The van der Waals surface area contributed by atoms with Crippen LogP contribution in [0.1, 0.15) is 31.4 Å². The average Bonchev–Trinajstić information content (AvgIpc) is 2.63. The van der Waals surface area contributed by atoms with E-state index in [0.29, 0.717) is 11.8 Å². The molecule has 20 heavy (non-hydrogen) atoms. The first-order valence-corrected chi connectivity index (χ1v) is 7.74. The molecule has 0 bridgehead atoms. The first kappa shape index (κ1) is 13.6. The van der Waals surface area contributed by atoms with Crippen molar-refractivity contribution in [2.45, 2.75) is 32.2 Å². The fourth-order valence-corrected chi connectivity index (χ4v) is 2.98. The molecular formula is C16H23N3O. The molecule has 4 nitrogen and oxygen atoms in total. The largest absolute Gasteiger partial charge is 0.341 e. The van der Waals surface area contributed by atoms with Gasteiger partial charge in [-0.3, -0.25) is 14.7 Å². The van der Waals surface area contributed by atoms with E-state index in [1.807, 2.05) is 18.3 Å². The molecule has 1 saturated carbocycles. The van der Waals surface area contributed by atoms with Crippen LogP contribution in [0, 0.1) is 5.92 Å². The molecule has 0 aromatic carbocycles. The Hall–Kier alpha value is -1.42. The molecule has 0 N–H and O–H groups in total. The van der Waals surface area contributed by atoms with Crippen LogP contribution in [0.2, 0.25) is 0 Å². The fourth-order valence-electron chi connectivity index (χ4n) is 2.98. The molecule has 3 rings (SSSR count). The summed E-state index contributed by atoms with van der Waals surface area (Å²) < 4.78 is 0. The van der Waals surface area contributed by atoms with Gasteiger partial charge in [0.15, 0.2) is 0 Å². The SMILES string of the molecule is O=C(C1CCC1)N1CCCN(Cc2ccccn2)CC1. The van der Waals surface area contributed by atoms with E-state index in [1.165, 1.54) is 6.42 Å². The third kappa shape index (κ3) is 3.18. The zero-order valence-electron chi connectivity index (χ0n) is 12.0. The van der Waals surface area contributed by atoms with Crippen molar-refractivity contribution >= 4 is 5.91 Å². The van der Waals surface area contributed by atoms with Crippen LogP contribution in [0.4, 0.5) is 0 Å². The predicted octanol–water partition coefficient (Wildman–Crippen LogP) is 1.92. The van der Waals surface area contributed by atoms with Crippen molar-refractivity contribution in [2.24, 2.45) is 5.92 Å². The van der Waals surface area contributed by atoms with E-state index >= 15 is 0 Å². The van der Waals surface area contributed by atoms with Gasteiger partial charge in [0.1, 0.15) is 0 Å². The van der Waals surface area contributed by atoms with Crippen molar-refractivity contribution in [1.29, 1.82) is 0 Å². The average molecular weight is 273 g/mol. The zero-order valence-corrected chi connectivity index (χ0v) is 12.0. The Balaban J connectivity index is 1.52. The molecule has 0 unspecified atom stereocenters. The number of pyridine rings is 1. The van der Waals surface area contributed by atoms with E-state index in [2.05, 4.69) is 20.9 Å². The number of nitrogens with zero attached hydrogens (tertiary/aromatic N) is 3. The normalized spacial score (nSPS) is 21.3. The van der Waals surface area contributed by atoms with Gasteiger partial charge < -0.3 is 4.90 Å². The van der Waals surface area contributed by atoms with Gasteiger partial charge in [0.25, 0.3) is 0 Å². The molecule has 1 amide bonds. The summed E-state index contributed by atoms with van der Waals surface area (Å²) in [6.07, 6.45) is 6.36. The Bertz CT molecular complexity index is 444. The summed E-state index contributed by atoms with van der Waals surface area (Å²) in [5.41, 5.74) is 1.12. The Morgan fingerprint density at radius 3 is 2.75 bits per heavy atom. The monoisotopic (exact) mass is 273 g/mol. The van der Waals surface area contributed by atoms with Gasteiger partial charge in [0.2, 0.25) is 5.91 Å². The van der Waals surface area contributed by atoms with Gasteiger partial charge in [-0.15, -0.1) is 0 Å². The van der Waals surface area contributed by atoms with Crippen LogP contribution in [0.25, 0.3) is 0 Å². The number of rotatable bonds is 3. The Morgan fingerprint density at radius 2 is 2.05 bits per heavy atom. The lowest BCUT2D eigenvalue weighted by atomic mass is 9.84. The highest BCUT2D eigenvalue weighted by atomic mass is 16.2. The van der Waals surface area contributed by atoms with Crippen molar-refractivity contribution in [2.75, 3.05) is 26.2 Å². The van der Waals surface area contributed by atoms with Crippen LogP contribution in [0.15, 0.2) is 24.4 Å². The molecule has 108 valence electrons. The minimum Gasteiger partial charge on any atom is -0.341 e. The van der Waals surface area contributed by atoms with E-state index in [-0.39, 0.29) is 0 Å². The molecule has 2 heterocycles. The van der Waals surface area contributed by atoms with Gasteiger partial charge in [-0.1, -0.05) is 12.5 Å². The fraction of sp³-hybridized carbons (Fsp3) is 0.625. The number of aromatic nitrogens is 1. The lowest BCUT2D eigenvalue weighted by Gasteiger charge is -2.31. The maximum atomic E-state index is 12.3. The summed E-state index contributed by atoms with van der Waals surface area (Å²) in [5.74, 6) is 0.730. The molecule has 0 spiro atoms. The Kier molecular flexibility index (Phi) is 4.31. The first-order valence-electron chi connectivity index (χ1n) is 7.74. The summed E-state index contributed by atoms with van der Waals surface area (Å²) in [6.45, 7) is 4.72. The molecule has 2 aliphatic rings. The van der Waals surface area contributed by atoms with Gasteiger partial charge in [0.05, 0.1) is 5.69 Å². The standard InChI is InChI=1S/C16H23N3O/c20-16(14-5-3-6-14)19-10-4-9-18(11-12-19)13-15-7-1-2-8-17-15/h1-2,7-8,14H,3-6,9-13H2.